The molecule has 2 N–H and O–H groups in total. The van der Waals surface area contributed by atoms with E-state index >= 15 is 0 Å². The summed E-state index contributed by atoms with van der Waals surface area (Å²) in [5, 5.41) is 0. The topological polar surface area (TPSA) is 82.2 Å². The number of amides is 1. The molecule has 2 aliphatic rings. The zero-order valence-electron chi connectivity index (χ0n) is 24.0. The van der Waals surface area contributed by atoms with Gasteiger partial charge in [-0.25, -0.2) is 13.5 Å². The number of alkyl halides is 3. The first kappa shape index (κ1) is 30.9. The van der Waals surface area contributed by atoms with Crippen LogP contribution in [0.15, 0.2) is 51.9 Å². The van der Waals surface area contributed by atoms with Crippen molar-refractivity contribution in [3.05, 3.63) is 53.1 Å². The number of hydrogen-bond acceptors (Lipinski definition) is 5. The number of halogens is 3. The minimum atomic E-state index is -4.60. The summed E-state index contributed by atoms with van der Waals surface area (Å²) >= 11 is 0. The van der Waals surface area contributed by atoms with Gasteiger partial charge in [-0.2, -0.15) is 13.2 Å². The maximum absolute atomic E-state index is 13.9. The summed E-state index contributed by atoms with van der Waals surface area (Å²) in [4.78, 5) is 21.7. The summed E-state index contributed by atoms with van der Waals surface area (Å²) < 4.78 is 56.7. The van der Waals surface area contributed by atoms with Crippen molar-refractivity contribution in [2.24, 2.45) is 16.6 Å². The van der Waals surface area contributed by atoms with Crippen molar-refractivity contribution >= 4 is 34.5 Å². The number of carbonyl (C=O) groups excluding carboxylic acids is 1. The second-order valence-electron chi connectivity index (χ2n) is 11.0. The molecule has 222 valence electrons. The fraction of sp³-hybridized carbons (Fsp3) is 0.467. The van der Waals surface area contributed by atoms with Crippen LogP contribution in [0.2, 0.25) is 0 Å². The lowest BCUT2D eigenvalue weighted by Crippen LogP contribution is -2.50. The van der Waals surface area contributed by atoms with Gasteiger partial charge in [0.2, 0.25) is 5.91 Å². The summed E-state index contributed by atoms with van der Waals surface area (Å²) in [6.45, 7) is 7.26. The molecule has 4 rings (SSSR count). The van der Waals surface area contributed by atoms with Crippen LogP contribution < -0.4 is 5.73 Å². The van der Waals surface area contributed by atoms with Crippen LogP contribution >= 0.6 is 0 Å². The maximum atomic E-state index is 13.9. The maximum Gasteiger partial charge on any atom is 0.416 e. The molecule has 2 heterocycles. The Morgan fingerprint density at radius 1 is 1.07 bits per heavy atom. The third-order valence-corrected chi connectivity index (χ3v) is 8.50. The predicted molar refractivity (Wildman–Crippen MR) is 158 cm³/mol. The first-order valence-electron chi connectivity index (χ1n) is 13.9. The Bertz CT molecular complexity index is 1360. The number of hydrogen-bond donors (Lipinski definition) is 1. The van der Waals surface area contributed by atoms with E-state index in [9.17, 15) is 22.2 Å². The van der Waals surface area contributed by atoms with Crippen LogP contribution in [0.5, 0.6) is 0 Å². The minimum Gasteiger partial charge on any atom is -0.387 e. The highest BCUT2D eigenvalue weighted by molar-refractivity contribution is 7.82. The molecule has 2 aromatic carbocycles. The van der Waals surface area contributed by atoms with Gasteiger partial charge in [0.15, 0.2) is 0 Å². The molecule has 0 radical (unpaired) electrons. The van der Waals surface area contributed by atoms with Gasteiger partial charge in [-0.3, -0.25) is 4.79 Å². The summed E-state index contributed by atoms with van der Waals surface area (Å²) in [7, 11) is 2.20. The smallest absolute Gasteiger partial charge is 0.387 e. The number of rotatable bonds is 10. The first-order chi connectivity index (χ1) is 19.4. The molecule has 7 nitrogen and oxygen atoms in total. The van der Waals surface area contributed by atoms with E-state index in [2.05, 4.69) is 4.99 Å². The van der Waals surface area contributed by atoms with E-state index in [-0.39, 0.29) is 28.6 Å². The normalized spacial score (nSPS) is 16.9. The Hall–Kier alpha value is -3.02. The Morgan fingerprint density at radius 2 is 1.76 bits per heavy atom. The van der Waals surface area contributed by atoms with E-state index in [1.54, 1.807) is 34.6 Å². The molecular formula is C30H38F3N5O2S. The van der Waals surface area contributed by atoms with Gasteiger partial charge in [-0.1, -0.05) is 26.0 Å². The zero-order chi connectivity index (χ0) is 29.9. The van der Waals surface area contributed by atoms with E-state index in [0.717, 1.165) is 31.5 Å². The Kier molecular flexibility index (Phi) is 9.71. The van der Waals surface area contributed by atoms with Crippen LogP contribution in [0, 0.1) is 5.92 Å². The van der Waals surface area contributed by atoms with Crippen molar-refractivity contribution in [1.29, 1.82) is 0 Å². The van der Waals surface area contributed by atoms with Crippen LogP contribution in [0.1, 0.15) is 44.2 Å². The molecule has 0 aliphatic carbocycles. The first-order valence-corrected chi connectivity index (χ1v) is 15.0. The quantitative estimate of drug-likeness (QED) is 0.407. The highest BCUT2D eigenvalue weighted by atomic mass is 32.2. The zero-order valence-corrected chi connectivity index (χ0v) is 24.8. The van der Waals surface area contributed by atoms with Crippen LogP contribution in [0.25, 0.3) is 17.2 Å². The summed E-state index contributed by atoms with van der Waals surface area (Å²) in [6.07, 6.45) is -0.984. The van der Waals surface area contributed by atoms with Gasteiger partial charge >= 0.3 is 6.18 Å². The number of amidine groups is 1. The Morgan fingerprint density at radius 3 is 2.37 bits per heavy atom. The number of aliphatic imine (C=N–C) groups is 1. The molecule has 11 heteroatoms. The minimum absolute atomic E-state index is 0.0902. The lowest BCUT2D eigenvalue weighted by Gasteiger charge is -2.39. The lowest BCUT2D eigenvalue weighted by atomic mass is 9.99. The largest absolute Gasteiger partial charge is 0.416 e. The van der Waals surface area contributed by atoms with Gasteiger partial charge in [-0.15, -0.1) is 0 Å². The molecule has 41 heavy (non-hydrogen) atoms. The van der Waals surface area contributed by atoms with Crippen LogP contribution in [0.3, 0.4) is 0 Å². The van der Waals surface area contributed by atoms with Crippen LogP contribution in [-0.2, 0) is 22.0 Å². The highest BCUT2D eigenvalue weighted by Crippen LogP contribution is 2.38. The number of benzene rings is 2. The van der Waals surface area contributed by atoms with E-state index in [1.807, 2.05) is 37.7 Å². The number of nitrogens with two attached hydrogens (primary N) is 1. The standard InChI is InChI=1S/C30H38F3N5O2S/c1-5-9-37(10-6-2)29(39)24-11-22-8-7-21(14-27(22)35-28(34)15-24)23-12-25(30(31,32)33)16-26(13-23)41(40)38-18-20(19-38)17-36(3)4/h7-8,11-14,16,20H,5-6,9-10,15,17-19H2,1-4H3,(H2,34,35). The monoisotopic (exact) mass is 589 g/mol. The molecule has 0 saturated carbocycles. The SMILES string of the molecule is CCCN(CCC)C(=O)C1=Cc2ccc(-c3cc(S(=O)N4CC(CN(C)C)C4)cc(C(F)(F)F)c3)cc2N=C(N)C1. The molecule has 0 bridgehead atoms. The van der Waals surface area contributed by atoms with Gasteiger partial charge in [0.05, 0.1) is 16.1 Å². The number of nitrogens with zero attached hydrogens (tertiary/aromatic N) is 4. The summed E-state index contributed by atoms with van der Waals surface area (Å²) in [5.74, 6) is 0.491. The lowest BCUT2D eigenvalue weighted by molar-refractivity contribution is -0.137. The van der Waals surface area contributed by atoms with E-state index < -0.39 is 22.7 Å². The molecule has 2 aromatic rings. The molecular weight excluding hydrogens is 551 g/mol. The Labute approximate surface area is 242 Å². The predicted octanol–water partition coefficient (Wildman–Crippen LogP) is 5.31. The second kappa shape index (κ2) is 12.9. The molecule has 2 aliphatic heterocycles. The van der Waals surface area contributed by atoms with Gasteiger partial charge < -0.3 is 15.5 Å². The van der Waals surface area contributed by atoms with Gasteiger partial charge in [0, 0.05) is 50.3 Å². The molecule has 1 unspecified atom stereocenters. The van der Waals surface area contributed by atoms with Crippen LogP contribution in [0.4, 0.5) is 18.9 Å². The Balaban J connectivity index is 1.68. The average molecular weight is 590 g/mol. The van der Waals surface area contributed by atoms with Crippen molar-refractivity contribution < 1.29 is 22.2 Å². The van der Waals surface area contributed by atoms with Crippen molar-refractivity contribution in [3.63, 3.8) is 0 Å². The number of fused-ring (bicyclic) bond motifs is 1. The summed E-state index contributed by atoms with van der Waals surface area (Å²) in [5.41, 5.74) is 7.76. The van der Waals surface area contributed by atoms with Crippen LogP contribution in [-0.4, -0.2) is 76.9 Å². The third kappa shape index (κ3) is 7.44. The fourth-order valence-electron chi connectivity index (χ4n) is 5.23. The van der Waals surface area contributed by atoms with Gasteiger partial charge in [0.1, 0.15) is 16.8 Å². The van der Waals surface area contributed by atoms with Crippen molar-refractivity contribution in [2.75, 3.05) is 46.8 Å². The summed E-state index contributed by atoms with van der Waals surface area (Å²) in [6, 6.07) is 8.69. The van der Waals surface area contributed by atoms with E-state index in [1.165, 1.54) is 0 Å². The highest BCUT2D eigenvalue weighted by Gasteiger charge is 2.35. The molecule has 0 aromatic heterocycles. The molecule has 1 amide bonds. The molecule has 1 saturated heterocycles. The van der Waals surface area contributed by atoms with Crippen molar-refractivity contribution in [1.82, 2.24) is 14.1 Å². The molecule has 0 spiro atoms. The van der Waals surface area contributed by atoms with Gasteiger partial charge in [-0.05, 0) is 74.3 Å². The van der Waals surface area contributed by atoms with Crippen molar-refractivity contribution in [3.8, 4) is 11.1 Å². The van der Waals surface area contributed by atoms with E-state index in [4.69, 9.17) is 5.73 Å². The van der Waals surface area contributed by atoms with E-state index in [0.29, 0.717) is 54.5 Å². The fourth-order valence-corrected chi connectivity index (χ4v) is 6.68. The van der Waals surface area contributed by atoms with Crippen molar-refractivity contribution in [2.45, 2.75) is 44.2 Å². The number of carbonyl (C=O) groups is 1. The third-order valence-electron chi connectivity index (χ3n) is 7.10. The molecule has 1 atom stereocenters. The second-order valence-corrected chi connectivity index (χ2v) is 12.5. The van der Waals surface area contributed by atoms with Gasteiger partial charge in [0.25, 0.3) is 0 Å². The molecule has 1 fully saturated rings. The average Bonchev–Trinajstić information content (AvgIpc) is 3.06.